The predicted octanol–water partition coefficient (Wildman–Crippen LogP) is 3.17. The number of likely N-dealkylation sites (N-methyl/N-ethyl adjacent to an activating group) is 1. The highest BCUT2D eigenvalue weighted by Crippen LogP contribution is 2.47. The highest BCUT2D eigenvalue weighted by molar-refractivity contribution is 7.99. The normalized spacial score (nSPS) is 17.4. The van der Waals surface area contributed by atoms with E-state index >= 15 is 0 Å². The molecular formula is C26H32N2O7S. The van der Waals surface area contributed by atoms with Gasteiger partial charge in [0, 0.05) is 32.0 Å². The van der Waals surface area contributed by atoms with Crippen LogP contribution in [0.2, 0.25) is 0 Å². The van der Waals surface area contributed by atoms with Gasteiger partial charge in [0.15, 0.2) is 6.10 Å². The quantitative estimate of drug-likeness (QED) is 0.349. The summed E-state index contributed by atoms with van der Waals surface area (Å²) < 4.78 is 21.1. The molecule has 3 rings (SSSR count). The van der Waals surface area contributed by atoms with Crippen LogP contribution < -0.4 is 9.64 Å². The molecule has 36 heavy (non-hydrogen) atoms. The van der Waals surface area contributed by atoms with E-state index in [0.29, 0.717) is 30.1 Å². The third kappa shape index (κ3) is 6.77. The van der Waals surface area contributed by atoms with Crippen LogP contribution in [0.4, 0.5) is 5.69 Å². The zero-order valence-electron chi connectivity index (χ0n) is 21.2. The number of carbonyl (C=O) groups is 3. The summed E-state index contributed by atoms with van der Waals surface area (Å²) in [5.41, 5.74) is 1.70. The topological polar surface area (TPSA) is 94.6 Å². The number of fused-ring (bicyclic) bond motifs is 1. The second-order valence-electron chi connectivity index (χ2n) is 8.45. The standard InChI is InChI=1S/C26H32N2O7S/c1-17(29)35-23-24(18-6-9-20(33-5)10-7-18)36-22-11-8-19(26(31)34-15-14-32-4)16-21(22)28(25(23)30)13-12-27(2)3/h6-11,16,23-24H,12-15H2,1-5H3/t23?,24-/m0/s1. The Morgan fingerprint density at radius 3 is 2.39 bits per heavy atom. The van der Waals surface area contributed by atoms with Crippen LogP contribution in [-0.2, 0) is 23.8 Å². The molecule has 2 atom stereocenters. The van der Waals surface area contributed by atoms with Gasteiger partial charge in [0.1, 0.15) is 12.4 Å². The lowest BCUT2D eigenvalue weighted by atomic mass is 10.1. The average Bonchev–Trinajstić information content (AvgIpc) is 2.96. The molecule has 2 aromatic rings. The lowest BCUT2D eigenvalue weighted by molar-refractivity contribution is -0.152. The van der Waals surface area contributed by atoms with Gasteiger partial charge in [-0.1, -0.05) is 12.1 Å². The minimum atomic E-state index is -1.06. The van der Waals surface area contributed by atoms with Crippen molar-refractivity contribution in [2.45, 2.75) is 23.2 Å². The molecule has 10 heteroatoms. The summed E-state index contributed by atoms with van der Waals surface area (Å²) in [6.45, 7) is 2.61. The molecule has 194 valence electrons. The maximum atomic E-state index is 13.9. The Labute approximate surface area is 215 Å². The molecule has 1 heterocycles. The summed E-state index contributed by atoms with van der Waals surface area (Å²) in [5.74, 6) is -0.734. The lowest BCUT2D eigenvalue weighted by Gasteiger charge is -2.28. The van der Waals surface area contributed by atoms with Crippen LogP contribution in [0, 0.1) is 0 Å². The van der Waals surface area contributed by atoms with E-state index in [4.69, 9.17) is 18.9 Å². The van der Waals surface area contributed by atoms with Crippen molar-refractivity contribution in [2.75, 3.05) is 59.5 Å². The molecule has 0 aliphatic carbocycles. The van der Waals surface area contributed by atoms with Crippen LogP contribution in [0.1, 0.15) is 28.1 Å². The SMILES string of the molecule is COCCOC(=O)c1ccc2c(c1)N(CCN(C)C)C(=O)C(OC(C)=O)[C@H](c1ccc(OC)cc1)S2. The van der Waals surface area contributed by atoms with Gasteiger partial charge in [-0.05, 0) is 50.0 Å². The molecule has 0 radical (unpaired) electrons. The Bertz CT molecular complexity index is 1070. The Kier molecular flexibility index (Phi) is 9.74. The summed E-state index contributed by atoms with van der Waals surface area (Å²) in [6, 6.07) is 12.5. The van der Waals surface area contributed by atoms with Crippen LogP contribution >= 0.6 is 11.8 Å². The van der Waals surface area contributed by atoms with Gasteiger partial charge < -0.3 is 28.7 Å². The van der Waals surface area contributed by atoms with Gasteiger partial charge in [-0.25, -0.2) is 4.79 Å². The summed E-state index contributed by atoms with van der Waals surface area (Å²) in [4.78, 5) is 42.9. The van der Waals surface area contributed by atoms with E-state index in [0.717, 1.165) is 10.5 Å². The van der Waals surface area contributed by atoms with Crippen molar-refractivity contribution < 1.29 is 33.3 Å². The van der Waals surface area contributed by atoms with Crippen molar-refractivity contribution in [1.82, 2.24) is 4.90 Å². The third-order valence-corrected chi connectivity index (χ3v) is 6.92. The summed E-state index contributed by atoms with van der Waals surface area (Å²) in [5, 5.41) is -0.505. The van der Waals surface area contributed by atoms with E-state index in [1.165, 1.54) is 25.8 Å². The van der Waals surface area contributed by atoms with Crippen molar-refractivity contribution in [2.24, 2.45) is 0 Å². The zero-order valence-corrected chi connectivity index (χ0v) is 22.0. The molecule has 9 nitrogen and oxygen atoms in total. The third-order valence-electron chi connectivity index (χ3n) is 5.55. The predicted molar refractivity (Wildman–Crippen MR) is 137 cm³/mol. The number of rotatable bonds is 10. The number of thioether (sulfide) groups is 1. The molecule has 0 spiro atoms. The molecule has 0 N–H and O–H groups in total. The number of hydrogen-bond acceptors (Lipinski definition) is 9. The summed E-state index contributed by atoms with van der Waals surface area (Å²) in [6.07, 6.45) is -1.06. The zero-order chi connectivity index (χ0) is 26.2. The smallest absolute Gasteiger partial charge is 0.338 e. The first-order valence-electron chi connectivity index (χ1n) is 11.5. The molecule has 1 unspecified atom stereocenters. The first-order valence-corrected chi connectivity index (χ1v) is 12.4. The number of ether oxygens (including phenoxy) is 4. The van der Waals surface area contributed by atoms with E-state index < -0.39 is 23.3 Å². The maximum Gasteiger partial charge on any atom is 0.338 e. The minimum Gasteiger partial charge on any atom is -0.497 e. The second-order valence-corrected chi connectivity index (χ2v) is 9.63. The summed E-state index contributed by atoms with van der Waals surface area (Å²) >= 11 is 1.41. The lowest BCUT2D eigenvalue weighted by Crippen LogP contribution is -2.45. The number of amides is 1. The number of anilines is 1. The molecule has 0 fully saturated rings. The first-order chi connectivity index (χ1) is 17.2. The fourth-order valence-electron chi connectivity index (χ4n) is 3.71. The Hall–Kier alpha value is -3.08. The van der Waals surface area contributed by atoms with E-state index in [2.05, 4.69) is 0 Å². The van der Waals surface area contributed by atoms with Crippen molar-refractivity contribution in [3.8, 4) is 5.75 Å². The van der Waals surface area contributed by atoms with Gasteiger partial charge in [0.25, 0.3) is 5.91 Å². The average molecular weight is 517 g/mol. The second kappa shape index (κ2) is 12.8. The molecular weight excluding hydrogens is 484 g/mol. The number of hydrogen-bond donors (Lipinski definition) is 0. The van der Waals surface area contributed by atoms with Gasteiger partial charge in [-0.3, -0.25) is 9.59 Å². The maximum absolute atomic E-state index is 13.9. The monoisotopic (exact) mass is 516 g/mol. The van der Waals surface area contributed by atoms with Crippen LogP contribution in [0.15, 0.2) is 47.4 Å². The minimum absolute atomic E-state index is 0.124. The number of benzene rings is 2. The number of esters is 2. The number of methoxy groups -OCH3 is 2. The molecule has 0 saturated carbocycles. The molecule has 1 aliphatic heterocycles. The highest BCUT2D eigenvalue weighted by Gasteiger charge is 2.41. The van der Waals surface area contributed by atoms with Gasteiger partial charge in [0.2, 0.25) is 0 Å². The van der Waals surface area contributed by atoms with Gasteiger partial charge in [-0.2, -0.15) is 0 Å². The molecule has 2 aromatic carbocycles. The van der Waals surface area contributed by atoms with Crippen LogP contribution in [0.3, 0.4) is 0 Å². The fourth-order valence-corrected chi connectivity index (χ4v) is 5.01. The van der Waals surface area contributed by atoms with Gasteiger partial charge >= 0.3 is 11.9 Å². The molecule has 0 aromatic heterocycles. The van der Waals surface area contributed by atoms with Gasteiger partial charge in [0.05, 0.1) is 30.2 Å². The molecule has 0 bridgehead atoms. The van der Waals surface area contributed by atoms with Crippen LogP contribution in [0.5, 0.6) is 5.75 Å². The highest BCUT2D eigenvalue weighted by atomic mass is 32.2. The largest absolute Gasteiger partial charge is 0.497 e. The van der Waals surface area contributed by atoms with E-state index in [-0.39, 0.29) is 19.1 Å². The molecule has 0 saturated heterocycles. The number of carbonyl (C=O) groups excluding carboxylic acids is 3. The van der Waals surface area contributed by atoms with Gasteiger partial charge in [-0.15, -0.1) is 11.8 Å². The Morgan fingerprint density at radius 2 is 1.78 bits per heavy atom. The van der Waals surface area contributed by atoms with Crippen molar-refractivity contribution >= 4 is 35.3 Å². The van der Waals surface area contributed by atoms with E-state index in [1.807, 2.05) is 31.1 Å². The van der Waals surface area contributed by atoms with Crippen molar-refractivity contribution in [3.05, 3.63) is 53.6 Å². The molecule has 1 aliphatic rings. The first kappa shape index (κ1) is 27.5. The Morgan fingerprint density at radius 1 is 1.06 bits per heavy atom. The van der Waals surface area contributed by atoms with Crippen molar-refractivity contribution in [1.29, 1.82) is 0 Å². The van der Waals surface area contributed by atoms with Crippen molar-refractivity contribution in [3.63, 3.8) is 0 Å². The van der Waals surface area contributed by atoms with E-state index in [9.17, 15) is 14.4 Å². The fraction of sp³-hybridized carbons (Fsp3) is 0.423. The Balaban J connectivity index is 2.07. The number of nitrogens with zero attached hydrogens (tertiary/aromatic N) is 2. The molecule has 1 amide bonds. The van der Waals surface area contributed by atoms with Crippen LogP contribution in [0.25, 0.3) is 0 Å². The summed E-state index contributed by atoms with van der Waals surface area (Å²) in [7, 11) is 6.92. The van der Waals surface area contributed by atoms with Crippen LogP contribution in [-0.4, -0.2) is 83.5 Å². The van der Waals surface area contributed by atoms with E-state index in [1.54, 1.807) is 42.3 Å².